The summed E-state index contributed by atoms with van der Waals surface area (Å²) in [5, 5.41) is 0. The van der Waals surface area contributed by atoms with E-state index in [-0.39, 0.29) is 5.78 Å². The van der Waals surface area contributed by atoms with Crippen molar-refractivity contribution in [1.29, 1.82) is 0 Å². The molecule has 7 heteroatoms. The van der Waals surface area contributed by atoms with Crippen molar-refractivity contribution in [3.8, 4) is 0 Å². The quantitative estimate of drug-likeness (QED) is 0.343. The first-order valence-electron chi connectivity index (χ1n) is 11.0. The molecule has 5 rings (SSSR count). The number of rotatable bonds is 5. The van der Waals surface area contributed by atoms with Crippen molar-refractivity contribution >= 4 is 46.5 Å². The van der Waals surface area contributed by atoms with Gasteiger partial charge in [0.25, 0.3) is 7.44 Å². The van der Waals surface area contributed by atoms with E-state index in [9.17, 15) is 0 Å². The summed E-state index contributed by atoms with van der Waals surface area (Å²) in [6.07, 6.45) is 0. The molecule has 2 heterocycles. The summed E-state index contributed by atoms with van der Waals surface area (Å²) < 4.78 is 21.0. The molecule has 4 nitrogen and oxygen atoms in total. The number of para-hydroxylation sites is 2. The van der Waals surface area contributed by atoms with Gasteiger partial charge in [-0.1, -0.05) is 64.5 Å². The van der Waals surface area contributed by atoms with Gasteiger partial charge in [0.2, 0.25) is 0 Å². The Morgan fingerprint density at radius 1 is 0.719 bits per heavy atom. The van der Waals surface area contributed by atoms with Gasteiger partial charge in [-0.3, -0.25) is 9.46 Å². The molecule has 3 aromatic rings. The molecule has 0 bridgehead atoms. The van der Waals surface area contributed by atoms with Crippen molar-refractivity contribution < 1.29 is 4.57 Å². The molecule has 0 aromatic heterocycles. The highest BCUT2D eigenvalue weighted by Crippen LogP contribution is 2.69. The van der Waals surface area contributed by atoms with Crippen LogP contribution < -0.4 is 9.34 Å². The molecule has 1 unspecified atom stereocenters. The van der Waals surface area contributed by atoms with Crippen LogP contribution in [0.25, 0.3) is 0 Å². The van der Waals surface area contributed by atoms with Gasteiger partial charge in [0.05, 0.1) is 0 Å². The Bertz CT molecular complexity index is 1030. The third-order valence-electron chi connectivity index (χ3n) is 6.20. The molecular formula is C25H27BrN3OPS. The third-order valence-corrected chi connectivity index (χ3v) is 11.2. The first-order valence-corrected chi connectivity index (χ1v) is 14.6. The van der Waals surface area contributed by atoms with E-state index in [4.69, 9.17) is 0 Å². The van der Waals surface area contributed by atoms with Gasteiger partial charge < -0.3 is 9.34 Å². The van der Waals surface area contributed by atoms with Crippen LogP contribution >= 0.6 is 35.1 Å². The second-order valence-electron chi connectivity index (χ2n) is 8.08. The molecule has 0 spiro atoms. The largest absolute Gasteiger partial charge is 0.304 e. The zero-order valence-corrected chi connectivity index (χ0v) is 21.2. The highest BCUT2D eigenvalue weighted by Gasteiger charge is 2.52. The summed E-state index contributed by atoms with van der Waals surface area (Å²) in [4.78, 5) is 2.46. The second kappa shape index (κ2) is 9.64. The number of benzene rings is 3. The van der Waals surface area contributed by atoms with Crippen molar-refractivity contribution in [3.63, 3.8) is 0 Å². The number of thioether (sulfide) groups is 1. The molecular weight excluding hydrogens is 501 g/mol. The zero-order valence-electron chi connectivity index (χ0n) is 17.9. The Balaban J connectivity index is 1.68. The van der Waals surface area contributed by atoms with Gasteiger partial charge >= 0.3 is 0 Å². The fraction of sp³-hybridized carbons (Fsp3) is 0.280. The van der Waals surface area contributed by atoms with E-state index in [1.165, 1.54) is 0 Å². The molecule has 0 radical (unpaired) electrons. The molecule has 2 aliphatic heterocycles. The average molecular weight is 528 g/mol. The Morgan fingerprint density at radius 3 is 1.72 bits per heavy atom. The van der Waals surface area contributed by atoms with Crippen LogP contribution in [-0.4, -0.2) is 42.6 Å². The van der Waals surface area contributed by atoms with Crippen LogP contribution in [0.1, 0.15) is 11.3 Å². The lowest BCUT2D eigenvalue weighted by atomic mass is 10.2. The van der Waals surface area contributed by atoms with E-state index >= 15 is 4.57 Å². The number of nitrogens with zero attached hydrogens (tertiary/aromatic N) is 3. The molecule has 0 aliphatic carbocycles. The number of anilines is 2. The van der Waals surface area contributed by atoms with E-state index in [1.54, 1.807) is 0 Å². The molecule has 32 heavy (non-hydrogen) atoms. The van der Waals surface area contributed by atoms with Gasteiger partial charge in [0, 0.05) is 53.5 Å². The van der Waals surface area contributed by atoms with E-state index in [0.717, 1.165) is 59.1 Å². The van der Waals surface area contributed by atoms with Crippen LogP contribution in [0.4, 0.5) is 11.4 Å². The molecule has 2 fully saturated rings. The van der Waals surface area contributed by atoms with E-state index in [1.807, 2.05) is 48.2 Å². The van der Waals surface area contributed by atoms with Crippen LogP contribution in [0.2, 0.25) is 0 Å². The number of hydrogen-bond donors (Lipinski definition) is 0. The molecule has 3 aromatic carbocycles. The predicted octanol–water partition coefficient (Wildman–Crippen LogP) is 6.72. The van der Waals surface area contributed by atoms with Crippen LogP contribution in [0.15, 0.2) is 89.4 Å². The number of halogens is 1. The normalized spacial score (nSPS) is 19.8. The lowest BCUT2D eigenvalue weighted by Gasteiger charge is -2.44. The summed E-state index contributed by atoms with van der Waals surface area (Å²) in [5.41, 5.74) is 3.18. The first-order chi connectivity index (χ1) is 15.7. The molecule has 1 atom stereocenters. The van der Waals surface area contributed by atoms with E-state index in [0.29, 0.717) is 0 Å². The highest BCUT2D eigenvalue weighted by atomic mass is 79.9. The van der Waals surface area contributed by atoms with Gasteiger partial charge in [-0.05, 0) is 42.0 Å². The maximum atomic E-state index is 15.6. The smallest absolute Gasteiger partial charge is 0.284 e. The Labute approximate surface area is 203 Å². The van der Waals surface area contributed by atoms with Crippen molar-refractivity contribution in [3.05, 3.63) is 95.0 Å². The number of hydrogen-bond acceptors (Lipinski definition) is 3. The summed E-state index contributed by atoms with van der Waals surface area (Å²) in [7, 11) is -3.08. The van der Waals surface area contributed by atoms with Crippen LogP contribution in [0, 0.1) is 0 Å². The van der Waals surface area contributed by atoms with Crippen LogP contribution in [0.3, 0.4) is 0 Å². The van der Waals surface area contributed by atoms with Crippen molar-refractivity contribution in [2.24, 2.45) is 0 Å². The SMILES string of the molecule is O=P1(C(c2ccc(Br)cc2)N2CCSCC2)N(c2ccccc2)CCN1c1ccccc1. The lowest BCUT2D eigenvalue weighted by Crippen LogP contribution is -2.40. The van der Waals surface area contributed by atoms with E-state index < -0.39 is 7.44 Å². The standard InChI is InChI=1S/C25H27BrN3OPS/c26-22-13-11-21(12-14-22)25(27-17-19-32-20-18-27)31(30)28(23-7-3-1-4-8-23)15-16-29(31)24-9-5-2-6-10-24/h1-14,25H,15-20H2. The van der Waals surface area contributed by atoms with Gasteiger partial charge in [-0.2, -0.15) is 11.8 Å². The molecule has 0 N–H and O–H groups in total. The topological polar surface area (TPSA) is 26.8 Å². The van der Waals surface area contributed by atoms with Crippen LogP contribution in [0.5, 0.6) is 0 Å². The fourth-order valence-electron chi connectivity index (χ4n) is 4.73. The van der Waals surface area contributed by atoms with E-state index in [2.05, 4.69) is 78.7 Å². The van der Waals surface area contributed by atoms with Gasteiger partial charge in [0.15, 0.2) is 0 Å². The third kappa shape index (κ3) is 4.14. The van der Waals surface area contributed by atoms with Gasteiger partial charge in [-0.15, -0.1) is 0 Å². The minimum atomic E-state index is -3.08. The Kier molecular flexibility index (Phi) is 6.66. The average Bonchev–Trinajstić information content (AvgIpc) is 3.19. The van der Waals surface area contributed by atoms with Crippen LogP contribution in [-0.2, 0) is 4.57 Å². The summed E-state index contributed by atoms with van der Waals surface area (Å²) in [6.45, 7) is 3.37. The van der Waals surface area contributed by atoms with Crippen molar-refractivity contribution in [2.75, 3.05) is 47.0 Å². The maximum absolute atomic E-state index is 15.6. The monoisotopic (exact) mass is 527 g/mol. The van der Waals surface area contributed by atoms with Gasteiger partial charge in [0.1, 0.15) is 5.78 Å². The first kappa shape index (κ1) is 22.1. The summed E-state index contributed by atoms with van der Waals surface area (Å²) in [5.74, 6) is 1.95. The molecule has 166 valence electrons. The molecule has 2 aliphatic rings. The Hall–Kier alpha value is -1.72. The fourth-order valence-corrected chi connectivity index (χ4v) is 9.62. The minimum absolute atomic E-state index is 0.195. The highest BCUT2D eigenvalue weighted by molar-refractivity contribution is 9.10. The predicted molar refractivity (Wildman–Crippen MR) is 141 cm³/mol. The minimum Gasteiger partial charge on any atom is -0.304 e. The Morgan fingerprint density at radius 2 is 1.22 bits per heavy atom. The zero-order chi connectivity index (χ0) is 22.0. The van der Waals surface area contributed by atoms with Gasteiger partial charge in [-0.25, -0.2) is 0 Å². The summed E-state index contributed by atoms with van der Waals surface area (Å²) in [6, 6.07) is 29.0. The lowest BCUT2D eigenvalue weighted by molar-refractivity contribution is 0.273. The summed E-state index contributed by atoms with van der Waals surface area (Å²) >= 11 is 5.56. The molecule has 0 saturated carbocycles. The maximum Gasteiger partial charge on any atom is 0.284 e. The van der Waals surface area contributed by atoms with Crippen molar-refractivity contribution in [2.45, 2.75) is 5.78 Å². The van der Waals surface area contributed by atoms with Crippen molar-refractivity contribution in [1.82, 2.24) is 4.90 Å². The molecule has 2 saturated heterocycles. The molecule has 0 amide bonds. The second-order valence-corrected chi connectivity index (χ2v) is 12.9.